The summed E-state index contributed by atoms with van der Waals surface area (Å²) < 4.78 is 13.2. The van der Waals surface area contributed by atoms with Gasteiger partial charge in [-0.2, -0.15) is 0 Å². The highest BCUT2D eigenvalue weighted by molar-refractivity contribution is 6.13. The van der Waals surface area contributed by atoms with E-state index < -0.39 is 0 Å². The molecular weight excluding hydrogens is 649 g/mol. The molecule has 0 fully saturated rings. The largest absolute Gasteiger partial charge is 0.456 e. The Labute approximate surface area is 308 Å². The zero-order chi connectivity index (χ0) is 35.6. The minimum Gasteiger partial charge on any atom is -0.456 e. The van der Waals surface area contributed by atoms with E-state index in [0.717, 1.165) is 55.7 Å². The molecule has 0 unspecified atom stereocenters. The number of oxazole rings is 1. The zero-order valence-electron chi connectivity index (χ0n) is 30.1. The van der Waals surface area contributed by atoms with Crippen molar-refractivity contribution < 1.29 is 8.83 Å². The molecule has 2 aromatic heterocycles. The Morgan fingerprint density at radius 1 is 0.472 bits per heavy atom. The lowest BCUT2D eigenvalue weighted by atomic mass is 9.82. The Bertz CT molecular complexity index is 2940. The van der Waals surface area contributed by atoms with Gasteiger partial charge >= 0.3 is 0 Å². The maximum atomic E-state index is 6.69. The summed E-state index contributed by atoms with van der Waals surface area (Å²) in [6, 6.07) is 52.1. The fraction of sp³-hybridized carbons (Fsp3) is 0.122. The summed E-state index contributed by atoms with van der Waals surface area (Å²) in [5.41, 5.74) is 17.4. The summed E-state index contributed by atoms with van der Waals surface area (Å²) in [5, 5.41) is 2.03. The van der Waals surface area contributed by atoms with Crippen LogP contribution in [0.25, 0.3) is 66.7 Å². The van der Waals surface area contributed by atoms with E-state index in [0.29, 0.717) is 5.89 Å². The normalized spacial score (nSPS) is 14.7. The van der Waals surface area contributed by atoms with Crippen LogP contribution in [0.1, 0.15) is 49.9 Å². The molecular formula is C49H36N2O2. The smallest absolute Gasteiger partial charge is 0.228 e. The van der Waals surface area contributed by atoms with Crippen molar-refractivity contribution in [3.8, 4) is 33.7 Å². The van der Waals surface area contributed by atoms with Crippen LogP contribution in [-0.2, 0) is 10.8 Å². The maximum Gasteiger partial charge on any atom is 0.228 e. The topological polar surface area (TPSA) is 42.4 Å². The standard InChI is InChI=1S/C49H36N2O2/c1-48(2)37-18-9-6-15-33(37)46-38(48)19-13-21-41(46)51(29-24-25-32-31-14-5-8-17-36(31)49(3,4)39(32)27-29)30-26-35(47-50-40-20-10-12-23-43(40)53-47)45-34-16-7-11-22-42(34)52-44(45)28-30/h5-28H,1-4H3. The van der Waals surface area contributed by atoms with Crippen molar-refractivity contribution in [2.75, 3.05) is 4.90 Å². The third-order valence-electron chi connectivity index (χ3n) is 11.9. The third-order valence-corrected chi connectivity index (χ3v) is 11.9. The highest BCUT2D eigenvalue weighted by Gasteiger charge is 2.39. The van der Waals surface area contributed by atoms with Gasteiger partial charge in [-0.15, -0.1) is 0 Å². The van der Waals surface area contributed by atoms with Gasteiger partial charge in [0.2, 0.25) is 5.89 Å². The molecule has 53 heavy (non-hydrogen) atoms. The van der Waals surface area contributed by atoms with Gasteiger partial charge in [-0.25, -0.2) is 4.98 Å². The Hall–Kier alpha value is -6.39. The SMILES string of the molecule is CC1(C)c2ccccc2-c2ccc(N(c3cc(-c4nc5ccccc5o4)c4c(c3)oc3ccccc34)c3cccc4c3-c3ccccc3C4(C)C)cc21. The van der Waals surface area contributed by atoms with Crippen molar-refractivity contribution in [3.05, 3.63) is 168 Å². The fourth-order valence-corrected chi connectivity index (χ4v) is 9.31. The molecule has 0 amide bonds. The van der Waals surface area contributed by atoms with Crippen LogP contribution in [0, 0.1) is 0 Å². The van der Waals surface area contributed by atoms with E-state index in [1.54, 1.807) is 0 Å². The Kier molecular flexibility index (Phi) is 6.04. The lowest BCUT2D eigenvalue weighted by molar-refractivity contribution is 0.620. The van der Waals surface area contributed by atoms with Crippen LogP contribution in [0.3, 0.4) is 0 Å². The molecule has 0 bridgehead atoms. The van der Waals surface area contributed by atoms with E-state index in [-0.39, 0.29) is 10.8 Å². The molecule has 254 valence electrons. The average Bonchev–Trinajstić information content (AvgIpc) is 3.90. The van der Waals surface area contributed by atoms with Gasteiger partial charge in [0.25, 0.3) is 0 Å². The van der Waals surface area contributed by atoms with Crippen LogP contribution in [0.4, 0.5) is 17.1 Å². The average molecular weight is 685 g/mol. The molecule has 9 aromatic rings. The third kappa shape index (κ3) is 4.15. The fourth-order valence-electron chi connectivity index (χ4n) is 9.31. The number of para-hydroxylation sites is 3. The first-order chi connectivity index (χ1) is 25.8. The van der Waals surface area contributed by atoms with E-state index >= 15 is 0 Å². The second kappa shape index (κ2) is 10.6. The lowest BCUT2D eigenvalue weighted by Gasteiger charge is -2.30. The summed E-state index contributed by atoms with van der Waals surface area (Å²) in [6.45, 7) is 9.37. The second-order valence-electron chi connectivity index (χ2n) is 15.6. The van der Waals surface area contributed by atoms with E-state index in [9.17, 15) is 0 Å². The molecule has 2 aliphatic carbocycles. The van der Waals surface area contributed by atoms with Crippen LogP contribution in [0.2, 0.25) is 0 Å². The molecule has 0 atom stereocenters. The number of hydrogen-bond acceptors (Lipinski definition) is 4. The molecule has 7 aromatic carbocycles. The first kappa shape index (κ1) is 30.3. The van der Waals surface area contributed by atoms with E-state index in [1.807, 2.05) is 36.4 Å². The van der Waals surface area contributed by atoms with Gasteiger partial charge in [-0.05, 0) is 81.4 Å². The summed E-state index contributed by atoms with van der Waals surface area (Å²) in [6.07, 6.45) is 0. The molecule has 2 heterocycles. The number of fused-ring (bicyclic) bond motifs is 10. The molecule has 11 rings (SSSR count). The molecule has 0 radical (unpaired) electrons. The van der Waals surface area contributed by atoms with Crippen molar-refractivity contribution in [3.63, 3.8) is 0 Å². The minimum absolute atomic E-state index is 0.152. The van der Waals surface area contributed by atoms with Gasteiger partial charge in [0, 0.05) is 38.9 Å². The number of anilines is 3. The van der Waals surface area contributed by atoms with E-state index in [1.165, 1.54) is 44.5 Å². The summed E-state index contributed by atoms with van der Waals surface area (Å²) in [5.74, 6) is 0.569. The Morgan fingerprint density at radius 3 is 1.96 bits per heavy atom. The highest BCUT2D eigenvalue weighted by atomic mass is 16.3. The van der Waals surface area contributed by atoms with Crippen LogP contribution >= 0.6 is 0 Å². The van der Waals surface area contributed by atoms with Crippen molar-refractivity contribution in [1.82, 2.24) is 4.98 Å². The van der Waals surface area contributed by atoms with Crippen molar-refractivity contribution in [2.24, 2.45) is 0 Å². The van der Waals surface area contributed by atoms with Gasteiger partial charge in [0.05, 0.1) is 16.9 Å². The van der Waals surface area contributed by atoms with Crippen LogP contribution in [0.15, 0.2) is 154 Å². The van der Waals surface area contributed by atoms with Gasteiger partial charge in [0.15, 0.2) is 5.58 Å². The first-order valence-corrected chi connectivity index (χ1v) is 18.4. The van der Waals surface area contributed by atoms with Gasteiger partial charge in [0.1, 0.15) is 16.7 Å². The zero-order valence-corrected chi connectivity index (χ0v) is 30.1. The quantitative estimate of drug-likeness (QED) is 0.185. The minimum atomic E-state index is -0.160. The van der Waals surface area contributed by atoms with Crippen molar-refractivity contribution >= 4 is 50.1 Å². The Balaban J connectivity index is 1.23. The molecule has 4 heteroatoms. The number of furan rings is 1. The molecule has 0 N–H and O–H groups in total. The molecule has 0 aliphatic heterocycles. The summed E-state index contributed by atoms with van der Waals surface area (Å²) >= 11 is 0. The number of nitrogens with zero attached hydrogens (tertiary/aromatic N) is 2. The van der Waals surface area contributed by atoms with Crippen molar-refractivity contribution in [2.45, 2.75) is 38.5 Å². The highest BCUT2D eigenvalue weighted by Crippen LogP contribution is 2.56. The second-order valence-corrected chi connectivity index (χ2v) is 15.6. The van der Waals surface area contributed by atoms with Crippen LogP contribution in [-0.4, -0.2) is 4.98 Å². The van der Waals surface area contributed by atoms with Crippen LogP contribution < -0.4 is 4.90 Å². The number of benzene rings is 7. The van der Waals surface area contributed by atoms with Gasteiger partial charge in [-0.3, -0.25) is 0 Å². The number of hydrogen-bond donors (Lipinski definition) is 0. The molecule has 4 nitrogen and oxygen atoms in total. The first-order valence-electron chi connectivity index (χ1n) is 18.4. The van der Waals surface area contributed by atoms with E-state index in [4.69, 9.17) is 13.8 Å². The van der Waals surface area contributed by atoms with Gasteiger partial charge < -0.3 is 13.7 Å². The predicted octanol–water partition coefficient (Wildman–Crippen LogP) is 13.5. The molecule has 2 aliphatic rings. The van der Waals surface area contributed by atoms with Crippen molar-refractivity contribution in [1.29, 1.82) is 0 Å². The Morgan fingerprint density at radius 2 is 1.13 bits per heavy atom. The van der Waals surface area contributed by atoms with Crippen LogP contribution in [0.5, 0.6) is 0 Å². The molecule has 0 spiro atoms. The van der Waals surface area contributed by atoms with Gasteiger partial charge in [-0.1, -0.05) is 125 Å². The summed E-state index contributed by atoms with van der Waals surface area (Å²) in [7, 11) is 0. The lowest BCUT2D eigenvalue weighted by Crippen LogP contribution is -2.17. The predicted molar refractivity (Wildman–Crippen MR) is 217 cm³/mol. The number of rotatable bonds is 4. The summed E-state index contributed by atoms with van der Waals surface area (Å²) in [4.78, 5) is 7.46. The number of aromatic nitrogens is 1. The van der Waals surface area contributed by atoms with E-state index in [2.05, 4.69) is 142 Å². The molecule has 0 saturated carbocycles. The molecule has 0 saturated heterocycles. The monoisotopic (exact) mass is 684 g/mol. The maximum absolute atomic E-state index is 6.69.